The van der Waals surface area contributed by atoms with Gasteiger partial charge in [-0.25, -0.2) is 9.78 Å². The third-order valence-electron chi connectivity index (χ3n) is 3.79. The molecule has 1 aromatic rings. The maximum absolute atomic E-state index is 12.3. The van der Waals surface area contributed by atoms with Crippen LogP contribution in [0.25, 0.3) is 0 Å². The smallest absolute Gasteiger partial charge is 0.317 e. The summed E-state index contributed by atoms with van der Waals surface area (Å²) in [4.78, 5) is 31.4. The molecule has 7 nitrogen and oxygen atoms in total. The van der Waals surface area contributed by atoms with E-state index in [4.69, 9.17) is 4.74 Å². The van der Waals surface area contributed by atoms with Crippen molar-refractivity contribution in [2.75, 3.05) is 32.8 Å². The minimum absolute atomic E-state index is 0.0592. The molecule has 3 amide bonds. The number of hydrogen-bond donors (Lipinski definition) is 1. The van der Waals surface area contributed by atoms with Gasteiger partial charge in [-0.3, -0.25) is 4.79 Å². The lowest BCUT2D eigenvalue weighted by atomic mass is 10.2. The summed E-state index contributed by atoms with van der Waals surface area (Å²) in [6, 6.07) is 3.58. The second-order valence-electron chi connectivity index (χ2n) is 5.41. The highest BCUT2D eigenvalue weighted by Gasteiger charge is 2.20. The average molecular weight is 320 g/mol. The molecule has 0 aromatic carbocycles. The zero-order valence-electron chi connectivity index (χ0n) is 13.7. The molecule has 0 saturated carbocycles. The van der Waals surface area contributed by atoms with E-state index >= 15 is 0 Å². The topological polar surface area (TPSA) is 74.8 Å². The summed E-state index contributed by atoms with van der Waals surface area (Å²) in [5.74, 6) is 0.609. The van der Waals surface area contributed by atoms with Crippen LogP contribution < -0.4 is 10.1 Å². The van der Waals surface area contributed by atoms with Crippen molar-refractivity contribution in [2.24, 2.45) is 0 Å². The van der Waals surface area contributed by atoms with Crippen molar-refractivity contribution in [1.29, 1.82) is 0 Å². The molecular formula is C16H24N4O3. The standard InChI is InChI=1S/C16H24N4O3/c1-3-23-15-14(6-4-7-17-15)12-18-16(22)20-9-5-8-19(10-11-20)13(2)21/h4,6-7H,3,5,8-12H2,1-2H3,(H,18,22). The summed E-state index contributed by atoms with van der Waals surface area (Å²) in [5.41, 5.74) is 0.850. The van der Waals surface area contributed by atoms with Gasteiger partial charge in [-0.1, -0.05) is 6.07 Å². The fourth-order valence-electron chi connectivity index (χ4n) is 2.54. The van der Waals surface area contributed by atoms with Gasteiger partial charge in [0.2, 0.25) is 11.8 Å². The molecule has 1 N–H and O–H groups in total. The third kappa shape index (κ3) is 4.84. The largest absolute Gasteiger partial charge is 0.478 e. The Morgan fingerprint density at radius 1 is 1.26 bits per heavy atom. The number of nitrogens with zero attached hydrogens (tertiary/aromatic N) is 3. The molecule has 1 fully saturated rings. The van der Waals surface area contributed by atoms with E-state index < -0.39 is 0 Å². The minimum Gasteiger partial charge on any atom is -0.478 e. The quantitative estimate of drug-likeness (QED) is 0.906. The summed E-state index contributed by atoms with van der Waals surface area (Å²) in [5, 5.41) is 2.90. The molecular weight excluding hydrogens is 296 g/mol. The predicted octanol–water partition coefficient (Wildman–Crippen LogP) is 1.24. The number of urea groups is 1. The summed E-state index contributed by atoms with van der Waals surface area (Å²) < 4.78 is 5.46. The first-order valence-corrected chi connectivity index (χ1v) is 7.96. The van der Waals surface area contributed by atoms with E-state index in [1.165, 1.54) is 0 Å². The van der Waals surface area contributed by atoms with Gasteiger partial charge in [-0.2, -0.15) is 0 Å². The van der Waals surface area contributed by atoms with Gasteiger partial charge in [0.25, 0.3) is 0 Å². The second kappa shape index (κ2) is 8.36. The normalized spacial score (nSPS) is 15.0. The van der Waals surface area contributed by atoms with Crippen LogP contribution in [0.5, 0.6) is 5.88 Å². The molecule has 126 valence electrons. The average Bonchev–Trinajstić information content (AvgIpc) is 2.80. The van der Waals surface area contributed by atoms with Gasteiger partial charge in [-0.05, 0) is 19.4 Å². The van der Waals surface area contributed by atoms with Crippen molar-refractivity contribution in [3.8, 4) is 5.88 Å². The van der Waals surface area contributed by atoms with Crippen LogP contribution in [0.3, 0.4) is 0 Å². The van der Waals surface area contributed by atoms with Gasteiger partial charge in [0.15, 0.2) is 0 Å². The molecule has 2 heterocycles. The molecule has 0 spiro atoms. The van der Waals surface area contributed by atoms with E-state index in [1.807, 2.05) is 19.1 Å². The van der Waals surface area contributed by atoms with Crippen LogP contribution in [0.4, 0.5) is 4.79 Å². The highest BCUT2D eigenvalue weighted by atomic mass is 16.5. The highest BCUT2D eigenvalue weighted by Crippen LogP contribution is 2.14. The summed E-state index contributed by atoms with van der Waals surface area (Å²) in [7, 11) is 0. The first-order valence-electron chi connectivity index (χ1n) is 7.96. The lowest BCUT2D eigenvalue weighted by molar-refractivity contribution is -0.128. The summed E-state index contributed by atoms with van der Waals surface area (Å²) in [6.07, 6.45) is 2.46. The molecule has 1 aromatic heterocycles. The van der Waals surface area contributed by atoms with E-state index in [0.717, 1.165) is 12.0 Å². The molecule has 0 aliphatic carbocycles. The maximum atomic E-state index is 12.3. The Morgan fingerprint density at radius 3 is 2.74 bits per heavy atom. The Kier molecular flexibility index (Phi) is 6.19. The van der Waals surface area contributed by atoms with Crippen LogP contribution >= 0.6 is 0 Å². The Hall–Kier alpha value is -2.31. The van der Waals surface area contributed by atoms with Crippen molar-refractivity contribution in [2.45, 2.75) is 26.8 Å². The Labute approximate surface area is 136 Å². The van der Waals surface area contributed by atoms with Crippen molar-refractivity contribution < 1.29 is 14.3 Å². The number of carbonyl (C=O) groups excluding carboxylic acids is 2. The van der Waals surface area contributed by atoms with Gasteiger partial charge in [0, 0.05) is 51.4 Å². The van der Waals surface area contributed by atoms with E-state index in [0.29, 0.717) is 45.2 Å². The Balaban J connectivity index is 1.88. The number of carbonyl (C=O) groups is 2. The molecule has 7 heteroatoms. The van der Waals surface area contributed by atoms with Crippen molar-refractivity contribution in [3.63, 3.8) is 0 Å². The maximum Gasteiger partial charge on any atom is 0.317 e. The van der Waals surface area contributed by atoms with Gasteiger partial charge in [0.1, 0.15) is 0 Å². The van der Waals surface area contributed by atoms with E-state index in [9.17, 15) is 9.59 Å². The molecule has 1 aliphatic heterocycles. The number of amides is 3. The third-order valence-corrected chi connectivity index (χ3v) is 3.79. The second-order valence-corrected chi connectivity index (χ2v) is 5.41. The number of pyridine rings is 1. The molecule has 23 heavy (non-hydrogen) atoms. The van der Waals surface area contributed by atoms with Crippen molar-refractivity contribution in [1.82, 2.24) is 20.1 Å². The van der Waals surface area contributed by atoms with Crippen LogP contribution in [0, 0.1) is 0 Å². The molecule has 0 bridgehead atoms. The first kappa shape index (κ1) is 17.1. The van der Waals surface area contributed by atoms with E-state index in [2.05, 4.69) is 10.3 Å². The number of nitrogens with one attached hydrogen (secondary N) is 1. The van der Waals surface area contributed by atoms with Crippen LogP contribution in [0.15, 0.2) is 18.3 Å². The molecule has 1 aliphatic rings. The zero-order valence-corrected chi connectivity index (χ0v) is 13.7. The minimum atomic E-state index is -0.123. The fourth-order valence-corrected chi connectivity index (χ4v) is 2.54. The van der Waals surface area contributed by atoms with Crippen LogP contribution in [-0.4, -0.2) is 59.5 Å². The SMILES string of the molecule is CCOc1ncccc1CNC(=O)N1CCCN(C(C)=O)CC1. The highest BCUT2D eigenvalue weighted by molar-refractivity contribution is 5.75. The van der Waals surface area contributed by atoms with Gasteiger partial charge in [-0.15, -0.1) is 0 Å². The predicted molar refractivity (Wildman–Crippen MR) is 86.1 cm³/mol. The number of rotatable bonds is 4. The number of aromatic nitrogens is 1. The molecule has 2 rings (SSSR count). The summed E-state index contributed by atoms with van der Waals surface area (Å²) >= 11 is 0. The van der Waals surface area contributed by atoms with Gasteiger partial charge < -0.3 is 19.9 Å². The van der Waals surface area contributed by atoms with Gasteiger partial charge in [0.05, 0.1) is 6.61 Å². The fraction of sp³-hybridized carbons (Fsp3) is 0.562. The van der Waals surface area contributed by atoms with Gasteiger partial charge >= 0.3 is 6.03 Å². The van der Waals surface area contributed by atoms with Crippen LogP contribution in [0.1, 0.15) is 25.8 Å². The lowest BCUT2D eigenvalue weighted by Crippen LogP contribution is -2.42. The lowest BCUT2D eigenvalue weighted by Gasteiger charge is -2.22. The molecule has 0 atom stereocenters. The van der Waals surface area contributed by atoms with Crippen molar-refractivity contribution >= 4 is 11.9 Å². The Bertz CT molecular complexity index is 550. The monoisotopic (exact) mass is 320 g/mol. The molecule has 1 saturated heterocycles. The summed E-state index contributed by atoms with van der Waals surface area (Å²) in [6.45, 7) is 6.86. The molecule has 0 radical (unpaired) electrons. The van der Waals surface area contributed by atoms with Crippen LogP contribution in [-0.2, 0) is 11.3 Å². The number of hydrogen-bond acceptors (Lipinski definition) is 4. The van der Waals surface area contributed by atoms with E-state index in [1.54, 1.807) is 22.9 Å². The van der Waals surface area contributed by atoms with Crippen LogP contribution in [0.2, 0.25) is 0 Å². The number of ether oxygens (including phenoxy) is 1. The Morgan fingerprint density at radius 2 is 2.00 bits per heavy atom. The van der Waals surface area contributed by atoms with Crippen molar-refractivity contribution in [3.05, 3.63) is 23.9 Å². The first-order chi connectivity index (χ1) is 11.1. The zero-order chi connectivity index (χ0) is 16.7. The van der Waals surface area contributed by atoms with E-state index in [-0.39, 0.29) is 11.9 Å². The molecule has 0 unspecified atom stereocenters.